The minimum absolute atomic E-state index is 0.281. The Bertz CT molecular complexity index is 487. The number of hydrogen-bond donors (Lipinski definition) is 0. The Balaban J connectivity index is 3.28. The third kappa shape index (κ3) is 3.27. The lowest BCUT2D eigenvalue weighted by Gasteiger charge is -2.27. The van der Waals surface area contributed by atoms with Crippen LogP contribution in [-0.4, -0.2) is 26.1 Å². The molecule has 1 aromatic rings. The third-order valence-corrected chi connectivity index (χ3v) is 3.78. The summed E-state index contributed by atoms with van der Waals surface area (Å²) in [6, 6.07) is 4.72. The fraction of sp³-hybridized carbons (Fsp3) is 0.562. The average molecular weight is 260 g/mol. The van der Waals surface area contributed by atoms with Crippen LogP contribution in [0.5, 0.6) is 5.75 Å². The number of ether oxygens (including phenoxy) is 1. The van der Waals surface area contributed by atoms with Crippen LogP contribution in [0.25, 0.3) is 0 Å². The SMILES string of the molecule is COc1c(C)cc(C(CCC#N)N(C)C)c(C)c1C. The molecule has 1 atom stereocenters. The molecule has 0 aliphatic heterocycles. The molecule has 3 nitrogen and oxygen atoms in total. The van der Waals surface area contributed by atoms with Crippen molar-refractivity contribution < 1.29 is 4.74 Å². The van der Waals surface area contributed by atoms with Gasteiger partial charge >= 0.3 is 0 Å². The zero-order valence-corrected chi connectivity index (χ0v) is 12.9. The molecule has 0 heterocycles. The molecule has 0 aliphatic carbocycles. The van der Waals surface area contributed by atoms with E-state index in [9.17, 15) is 0 Å². The van der Waals surface area contributed by atoms with E-state index in [0.717, 1.165) is 17.7 Å². The molecule has 0 saturated carbocycles. The van der Waals surface area contributed by atoms with Crippen LogP contribution in [0.4, 0.5) is 0 Å². The summed E-state index contributed by atoms with van der Waals surface area (Å²) in [5, 5.41) is 8.82. The summed E-state index contributed by atoms with van der Waals surface area (Å²) >= 11 is 0. The summed E-state index contributed by atoms with van der Waals surface area (Å²) in [5.74, 6) is 0.971. The zero-order valence-electron chi connectivity index (χ0n) is 12.9. The van der Waals surface area contributed by atoms with Crippen molar-refractivity contribution in [3.63, 3.8) is 0 Å². The molecule has 0 amide bonds. The maximum atomic E-state index is 8.82. The Morgan fingerprint density at radius 1 is 1.26 bits per heavy atom. The number of benzene rings is 1. The van der Waals surface area contributed by atoms with E-state index in [1.54, 1.807) is 7.11 Å². The van der Waals surface area contributed by atoms with Crippen molar-refractivity contribution in [2.75, 3.05) is 21.2 Å². The monoisotopic (exact) mass is 260 g/mol. The van der Waals surface area contributed by atoms with Gasteiger partial charge in [-0.05, 0) is 63.5 Å². The van der Waals surface area contributed by atoms with Crippen LogP contribution in [0.1, 0.15) is 41.1 Å². The molecule has 19 heavy (non-hydrogen) atoms. The standard InChI is InChI=1S/C16H24N2O/c1-11-10-14(12(2)13(3)16(11)19-6)15(18(4)5)8-7-9-17/h10,15H,7-8H2,1-6H3. The molecular weight excluding hydrogens is 236 g/mol. The summed E-state index contributed by atoms with van der Waals surface area (Å²) in [5.41, 5.74) is 4.92. The van der Waals surface area contributed by atoms with E-state index in [0.29, 0.717) is 6.42 Å². The first-order valence-corrected chi connectivity index (χ1v) is 6.62. The van der Waals surface area contributed by atoms with Gasteiger partial charge < -0.3 is 9.64 Å². The second-order valence-electron chi connectivity index (χ2n) is 5.24. The number of aryl methyl sites for hydroxylation is 1. The second-order valence-corrected chi connectivity index (χ2v) is 5.24. The fourth-order valence-corrected chi connectivity index (χ4v) is 2.64. The number of hydrogen-bond acceptors (Lipinski definition) is 3. The van der Waals surface area contributed by atoms with Gasteiger partial charge in [-0.2, -0.15) is 5.26 Å². The molecule has 3 heteroatoms. The number of nitriles is 1. The van der Waals surface area contributed by atoms with Crippen molar-refractivity contribution in [1.82, 2.24) is 4.90 Å². The van der Waals surface area contributed by atoms with Crippen LogP contribution in [0.15, 0.2) is 6.07 Å². The Hall–Kier alpha value is -1.53. The Morgan fingerprint density at radius 3 is 2.37 bits per heavy atom. The summed E-state index contributed by atoms with van der Waals surface area (Å²) in [6.07, 6.45) is 1.43. The van der Waals surface area contributed by atoms with Crippen molar-refractivity contribution >= 4 is 0 Å². The highest BCUT2D eigenvalue weighted by molar-refractivity contribution is 5.50. The topological polar surface area (TPSA) is 36.3 Å². The summed E-state index contributed by atoms with van der Waals surface area (Å²) < 4.78 is 5.47. The highest BCUT2D eigenvalue weighted by atomic mass is 16.5. The Labute approximate surface area is 116 Å². The third-order valence-electron chi connectivity index (χ3n) is 3.78. The van der Waals surface area contributed by atoms with Crippen LogP contribution in [0, 0.1) is 32.1 Å². The lowest BCUT2D eigenvalue weighted by Crippen LogP contribution is -2.21. The minimum atomic E-state index is 0.281. The number of nitrogens with zero attached hydrogens (tertiary/aromatic N) is 2. The summed E-state index contributed by atoms with van der Waals surface area (Å²) in [4.78, 5) is 2.19. The highest BCUT2D eigenvalue weighted by Gasteiger charge is 2.19. The van der Waals surface area contributed by atoms with Crippen molar-refractivity contribution in [2.45, 2.75) is 39.7 Å². The quantitative estimate of drug-likeness (QED) is 0.812. The van der Waals surface area contributed by atoms with E-state index in [1.807, 2.05) is 0 Å². The zero-order chi connectivity index (χ0) is 14.6. The second kappa shape index (κ2) is 6.58. The number of rotatable bonds is 5. The van der Waals surface area contributed by atoms with Gasteiger partial charge in [-0.15, -0.1) is 0 Å². The average Bonchev–Trinajstić information content (AvgIpc) is 2.35. The van der Waals surface area contributed by atoms with Crippen molar-refractivity contribution in [3.8, 4) is 11.8 Å². The van der Waals surface area contributed by atoms with E-state index in [-0.39, 0.29) is 6.04 Å². The van der Waals surface area contributed by atoms with Crippen molar-refractivity contribution in [1.29, 1.82) is 5.26 Å². The molecule has 1 unspecified atom stereocenters. The molecule has 0 aromatic heterocycles. The molecule has 0 radical (unpaired) electrons. The number of methoxy groups -OCH3 is 1. The van der Waals surface area contributed by atoms with Gasteiger partial charge in [-0.3, -0.25) is 0 Å². The predicted octanol–water partition coefficient (Wildman–Crippen LogP) is 3.53. The Kier molecular flexibility index (Phi) is 5.38. The first-order valence-electron chi connectivity index (χ1n) is 6.62. The van der Waals surface area contributed by atoms with Crippen LogP contribution >= 0.6 is 0 Å². The molecule has 1 rings (SSSR count). The highest BCUT2D eigenvalue weighted by Crippen LogP contribution is 2.34. The molecule has 0 fully saturated rings. The lowest BCUT2D eigenvalue weighted by atomic mass is 9.91. The van der Waals surface area contributed by atoms with Crippen molar-refractivity contribution in [3.05, 3.63) is 28.3 Å². The Morgan fingerprint density at radius 2 is 1.89 bits per heavy atom. The first kappa shape index (κ1) is 15.5. The van der Waals surface area contributed by atoms with E-state index >= 15 is 0 Å². The molecular formula is C16H24N2O. The fourth-order valence-electron chi connectivity index (χ4n) is 2.64. The van der Waals surface area contributed by atoms with Gasteiger partial charge in [-0.25, -0.2) is 0 Å². The van der Waals surface area contributed by atoms with Crippen LogP contribution in [0.2, 0.25) is 0 Å². The molecule has 0 spiro atoms. The van der Waals surface area contributed by atoms with Gasteiger partial charge in [0.1, 0.15) is 5.75 Å². The van der Waals surface area contributed by atoms with E-state index in [4.69, 9.17) is 10.00 Å². The van der Waals surface area contributed by atoms with Crippen molar-refractivity contribution in [2.24, 2.45) is 0 Å². The van der Waals surface area contributed by atoms with Crippen LogP contribution < -0.4 is 4.74 Å². The van der Waals surface area contributed by atoms with Gasteiger partial charge in [0.15, 0.2) is 0 Å². The predicted molar refractivity (Wildman–Crippen MR) is 78.5 cm³/mol. The first-order chi connectivity index (χ1) is 8.93. The van der Waals surface area contributed by atoms with E-state index in [2.05, 4.69) is 51.9 Å². The molecule has 1 aromatic carbocycles. The van der Waals surface area contributed by atoms with Gasteiger partial charge in [0, 0.05) is 12.5 Å². The largest absolute Gasteiger partial charge is 0.496 e. The van der Waals surface area contributed by atoms with Gasteiger partial charge in [0.2, 0.25) is 0 Å². The molecule has 0 bridgehead atoms. The van der Waals surface area contributed by atoms with Gasteiger partial charge in [0.05, 0.1) is 13.2 Å². The lowest BCUT2D eigenvalue weighted by molar-refractivity contribution is 0.284. The van der Waals surface area contributed by atoms with Crippen LogP contribution in [0.3, 0.4) is 0 Å². The smallest absolute Gasteiger partial charge is 0.124 e. The van der Waals surface area contributed by atoms with Crippen LogP contribution in [-0.2, 0) is 0 Å². The normalized spacial score (nSPS) is 12.3. The maximum Gasteiger partial charge on any atom is 0.124 e. The summed E-state index contributed by atoms with van der Waals surface area (Å²) in [6.45, 7) is 6.31. The van der Waals surface area contributed by atoms with E-state index in [1.165, 1.54) is 16.7 Å². The molecule has 0 saturated heterocycles. The molecule has 104 valence electrons. The van der Waals surface area contributed by atoms with E-state index < -0.39 is 0 Å². The summed E-state index contributed by atoms with van der Waals surface area (Å²) in [7, 11) is 5.85. The maximum absolute atomic E-state index is 8.82. The minimum Gasteiger partial charge on any atom is -0.496 e. The van der Waals surface area contributed by atoms with Gasteiger partial charge in [0.25, 0.3) is 0 Å². The van der Waals surface area contributed by atoms with Gasteiger partial charge in [-0.1, -0.05) is 6.07 Å². The molecule has 0 aliphatic rings. The molecule has 0 N–H and O–H groups in total.